The average molecular weight is 213 g/mol. The molecule has 12 heavy (non-hydrogen) atoms. The number of hydrogen-bond donors (Lipinski definition) is 0. The first-order chi connectivity index (χ1) is 5.52. The Kier molecular flexibility index (Phi) is 6.58. The topological polar surface area (TPSA) is 26.3 Å². The number of alkyl halides is 2. The summed E-state index contributed by atoms with van der Waals surface area (Å²) in [5.74, 6) is 0.214. The molecule has 0 aromatic rings. The molecular formula is C8H14Cl2O2. The summed E-state index contributed by atoms with van der Waals surface area (Å²) in [7, 11) is 0. The Bertz CT molecular complexity index is 135. The number of carbonyl (C=O) groups is 1. The first kappa shape index (κ1) is 12.0. The summed E-state index contributed by atoms with van der Waals surface area (Å²) < 4.78 is 4.86. The van der Waals surface area contributed by atoms with E-state index in [2.05, 4.69) is 13.8 Å². The van der Waals surface area contributed by atoms with E-state index in [0.29, 0.717) is 12.5 Å². The molecule has 0 aliphatic rings. The maximum atomic E-state index is 10.8. The Hall–Kier alpha value is 0.0500. The van der Waals surface area contributed by atoms with Gasteiger partial charge in [-0.05, 0) is 12.3 Å². The molecule has 0 N–H and O–H groups in total. The summed E-state index contributed by atoms with van der Waals surface area (Å²) in [6.45, 7) is 4.59. The summed E-state index contributed by atoms with van der Waals surface area (Å²) in [5, 5.41) is 0. The lowest BCUT2D eigenvalue weighted by atomic mass is 10.1. The summed E-state index contributed by atoms with van der Waals surface area (Å²) in [5.41, 5.74) is 0. The zero-order valence-corrected chi connectivity index (χ0v) is 8.86. The molecule has 0 spiro atoms. The summed E-state index contributed by atoms with van der Waals surface area (Å²) in [6.07, 6.45) is 0.947. The largest absolute Gasteiger partial charge is 0.466 e. The zero-order valence-electron chi connectivity index (χ0n) is 7.35. The van der Waals surface area contributed by atoms with Gasteiger partial charge in [-0.2, -0.15) is 0 Å². The van der Waals surface area contributed by atoms with Gasteiger partial charge in [0.15, 0.2) is 0 Å². The van der Waals surface area contributed by atoms with Crippen molar-refractivity contribution in [3.8, 4) is 0 Å². The summed E-state index contributed by atoms with van der Waals surface area (Å²) >= 11 is 10.8. The Morgan fingerprint density at radius 2 is 2.00 bits per heavy atom. The number of ether oxygens (including phenoxy) is 1. The van der Waals surface area contributed by atoms with Crippen LogP contribution in [-0.2, 0) is 9.53 Å². The van der Waals surface area contributed by atoms with Crippen molar-refractivity contribution >= 4 is 29.2 Å². The van der Waals surface area contributed by atoms with Gasteiger partial charge in [0, 0.05) is 0 Å². The van der Waals surface area contributed by atoms with E-state index in [9.17, 15) is 4.79 Å². The Balaban J connectivity index is 3.32. The Morgan fingerprint density at radius 3 is 2.42 bits per heavy atom. The van der Waals surface area contributed by atoms with Crippen LogP contribution >= 0.6 is 23.2 Å². The predicted molar refractivity (Wildman–Crippen MR) is 50.5 cm³/mol. The minimum absolute atomic E-state index is 0.0706. The van der Waals surface area contributed by atoms with Crippen LogP contribution in [0.25, 0.3) is 0 Å². The van der Waals surface area contributed by atoms with Gasteiger partial charge in [-0.3, -0.25) is 4.79 Å². The van der Waals surface area contributed by atoms with Crippen molar-refractivity contribution in [3.05, 3.63) is 0 Å². The van der Waals surface area contributed by atoms with Gasteiger partial charge in [-0.15, -0.1) is 23.2 Å². The smallest absolute Gasteiger partial charge is 0.308 e. The van der Waals surface area contributed by atoms with Gasteiger partial charge in [-0.25, -0.2) is 0 Å². The van der Waals surface area contributed by atoms with Crippen LogP contribution in [-0.4, -0.2) is 17.4 Å². The first-order valence-electron chi connectivity index (χ1n) is 3.96. The van der Waals surface area contributed by atoms with E-state index >= 15 is 0 Å². The van der Waals surface area contributed by atoms with Crippen LogP contribution in [0.3, 0.4) is 0 Å². The molecule has 0 radical (unpaired) electrons. The van der Waals surface area contributed by atoms with Crippen molar-refractivity contribution in [1.29, 1.82) is 0 Å². The molecule has 72 valence electrons. The molecule has 0 aliphatic carbocycles. The van der Waals surface area contributed by atoms with E-state index in [1.54, 1.807) is 0 Å². The molecule has 0 atom stereocenters. The molecule has 0 heterocycles. The fourth-order valence-electron chi connectivity index (χ4n) is 0.593. The number of esters is 1. The van der Waals surface area contributed by atoms with Crippen LogP contribution in [0.5, 0.6) is 0 Å². The lowest BCUT2D eigenvalue weighted by molar-refractivity contribution is -0.143. The molecule has 0 unspecified atom stereocenters. The summed E-state index contributed by atoms with van der Waals surface area (Å²) in [6, 6.07) is 0. The van der Waals surface area contributed by atoms with Crippen LogP contribution in [0.15, 0.2) is 0 Å². The molecule has 2 nitrogen and oxygen atoms in total. The summed E-state index contributed by atoms with van der Waals surface area (Å²) in [4.78, 5) is 10.2. The Labute approximate surface area is 83.2 Å². The van der Waals surface area contributed by atoms with Gasteiger partial charge in [0.25, 0.3) is 0 Å². The predicted octanol–water partition coefficient (Wildman–Crippen LogP) is 2.77. The van der Waals surface area contributed by atoms with E-state index in [1.807, 2.05) is 0 Å². The molecule has 4 heteroatoms. The Morgan fingerprint density at radius 1 is 1.42 bits per heavy atom. The number of rotatable bonds is 5. The van der Waals surface area contributed by atoms with E-state index in [4.69, 9.17) is 27.9 Å². The monoisotopic (exact) mass is 212 g/mol. The first-order valence-corrected chi connectivity index (χ1v) is 4.83. The molecule has 0 bridgehead atoms. The molecule has 0 rings (SSSR count). The van der Waals surface area contributed by atoms with E-state index < -0.39 is 4.84 Å². The highest BCUT2D eigenvalue weighted by Crippen LogP contribution is 2.08. The molecule has 0 amide bonds. The quantitative estimate of drug-likeness (QED) is 0.518. The van der Waals surface area contributed by atoms with Gasteiger partial charge < -0.3 is 4.74 Å². The number of hydrogen-bond acceptors (Lipinski definition) is 2. The van der Waals surface area contributed by atoms with Crippen molar-refractivity contribution < 1.29 is 9.53 Å². The van der Waals surface area contributed by atoms with Crippen molar-refractivity contribution in [1.82, 2.24) is 0 Å². The van der Waals surface area contributed by atoms with Crippen molar-refractivity contribution in [3.63, 3.8) is 0 Å². The second-order valence-corrected chi connectivity index (χ2v) is 4.28. The SMILES string of the molecule is CC(C)CCOC(=O)CC(Cl)Cl. The van der Waals surface area contributed by atoms with Gasteiger partial charge in [0.1, 0.15) is 4.84 Å². The molecule has 0 fully saturated rings. The van der Waals surface area contributed by atoms with Gasteiger partial charge >= 0.3 is 5.97 Å². The average Bonchev–Trinajstić information content (AvgIpc) is 1.84. The molecule has 0 aromatic carbocycles. The molecule has 0 aromatic heterocycles. The lowest BCUT2D eigenvalue weighted by Crippen LogP contribution is -2.10. The molecule has 0 saturated heterocycles. The van der Waals surface area contributed by atoms with Crippen molar-refractivity contribution in [2.75, 3.05) is 6.61 Å². The minimum Gasteiger partial charge on any atom is -0.466 e. The highest BCUT2D eigenvalue weighted by molar-refractivity contribution is 6.45. The van der Waals surface area contributed by atoms with Crippen LogP contribution in [0.2, 0.25) is 0 Å². The zero-order chi connectivity index (χ0) is 9.56. The second kappa shape index (κ2) is 6.55. The van der Waals surface area contributed by atoms with E-state index in [-0.39, 0.29) is 12.4 Å². The maximum Gasteiger partial charge on any atom is 0.308 e. The van der Waals surface area contributed by atoms with Crippen LogP contribution in [0, 0.1) is 5.92 Å². The third-order valence-electron chi connectivity index (χ3n) is 1.28. The maximum absolute atomic E-state index is 10.8. The third kappa shape index (κ3) is 8.15. The number of halogens is 2. The van der Waals surface area contributed by atoms with E-state index in [0.717, 1.165) is 6.42 Å². The van der Waals surface area contributed by atoms with Gasteiger partial charge in [-0.1, -0.05) is 13.8 Å². The van der Waals surface area contributed by atoms with Gasteiger partial charge in [0.2, 0.25) is 0 Å². The normalized spacial score (nSPS) is 10.8. The fraction of sp³-hybridized carbons (Fsp3) is 0.875. The van der Waals surface area contributed by atoms with Gasteiger partial charge in [0.05, 0.1) is 13.0 Å². The van der Waals surface area contributed by atoms with Crippen molar-refractivity contribution in [2.45, 2.75) is 31.5 Å². The minimum atomic E-state index is -0.656. The molecule has 0 saturated carbocycles. The van der Waals surface area contributed by atoms with E-state index in [1.165, 1.54) is 0 Å². The molecular weight excluding hydrogens is 199 g/mol. The van der Waals surface area contributed by atoms with Crippen LogP contribution in [0.1, 0.15) is 26.7 Å². The van der Waals surface area contributed by atoms with Crippen LogP contribution < -0.4 is 0 Å². The lowest BCUT2D eigenvalue weighted by Gasteiger charge is -2.06. The highest BCUT2D eigenvalue weighted by Gasteiger charge is 2.08. The van der Waals surface area contributed by atoms with Crippen molar-refractivity contribution in [2.24, 2.45) is 5.92 Å². The number of carbonyl (C=O) groups excluding carboxylic acids is 1. The standard InChI is InChI=1S/C8H14Cl2O2/c1-6(2)3-4-12-8(11)5-7(9)10/h6-7H,3-5H2,1-2H3. The molecule has 0 aliphatic heterocycles. The second-order valence-electron chi connectivity index (χ2n) is 3.00. The third-order valence-corrected chi connectivity index (χ3v) is 1.59. The fourth-order valence-corrected chi connectivity index (χ4v) is 0.845. The highest BCUT2D eigenvalue weighted by atomic mass is 35.5. The van der Waals surface area contributed by atoms with Crippen LogP contribution in [0.4, 0.5) is 0 Å².